The average Bonchev–Trinajstić information content (AvgIpc) is 3.09. The van der Waals surface area contributed by atoms with Gasteiger partial charge in [-0.05, 0) is 55.2 Å². The number of anilines is 1. The molecule has 2 saturated carbocycles. The number of carbonyl (C=O) groups excluding carboxylic acids is 2. The number of amides is 2. The van der Waals surface area contributed by atoms with Crippen molar-refractivity contribution in [2.45, 2.75) is 32.1 Å². The van der Waals surface area contributed by atoms with E-state index in [2.05, 4.69) is 5.32 Å². The minimum Gasteiger partial charge on any atom is -0.336 e. The topological polar surface area (TPSA) is 49.4 Å². The molecule has 0 spiro atoms. The summed E-state index contributed by atoms with van der Waals surface area (Å²) >= 11 is 0. The molecule has 1 aromatic rings. The molecule has 2 aliphatic carbocycles. The Hall–Kier alpha value is -1.91. The molecule has 0 unspecified atom stereocenters. The lowest BCUT2D eigenvalue weighted by Crippen LogP contribution is -2.36. The Balaban J connectivity index is 1.47. The van der Waals surface area contributed by atoms with Crippen molar-refractivity contribution >= 4 is 17.5 Å². The Morgan fingerprint density at radius 2 is 2.13 bits per heavy atom. The quantitative estimate of drug-likeness (QED) is 0.907. The Kier molecular flexibility index (Phi) is 4.64. The molecule has 2 fully saturated rings. The molecule has 0 radical (unpaired) electrons. The van der Waals surface area contributed by atoms with Crippen LogP contribution in [0.25, 0.3) is 0 Å². The summed E-state index contributed by atoms with van der Waals surface area (Å²) in [5, 5.41) is 2.62. The van der Waals surface area contributed by atoms with E-state index in [-0.39, 0.29) is 18.4 Å². The van der Waals surface area contributed by atoms with E-state index >= 15 is 0 Å². The van der Waals surface area contributed by atoms with Gasteiger partial charge in [-0.2, -0.15) is 0 Å². The number of hydrogen-bond acceptors (Lipinski definition) is 2. The summed E-state index contributed by atoms with van der Waals surface area (Å²) in [5.41, 5.74) is 0.406. The SMILES string of the molecule is CN(CC(=O)Nc1cccc(F)c1)C(=O)C[C@H]1C[C@H]2CC[C@@H]1C2. The minimum atomic E-state index is -0.400. The fourth-order valence-corrected chi connectivity index (χ4v) is 4.08. The third-order valence-electron chi connectivity index (χ3n) is 5.24. The maximum atomic E-state index is 13.1. The molecular weight excluding hydrogens is 295 g/mol. The maximum absolute atomic E-state index is 13.1. The van der Waals surface area contributed by atoms with Crippen molar-refractivity contribution in [3.8, 4) is 0 Å². The molecule has 124 valence electrons. The van der Waals surface area contributed by atoms with Crippen LogP contribution in [-0.4, -0.2) is 30.3 Å². The monoisotopic (exact) mass is 318 g/mol. The maximum Gasteiger partial charge on any atom is 0.243 e. The zero-order valence-corrected chi connectivity index (χ0v) is 13.4. The van der Waals surface area contributed by atoms with Gasteiger partial charge in [0, 0.05) is 19.2 Å². The van der Waals surface area contributed by atoms with Crippen LogP contribution in [0.4, 0.5) is 10.1 Å². The normalized spacial score (nSPS) is 25.4. The Morgan fingerprint density at radius 3 is 2.78 bits per heavy atom. The van der Waals surface area contributed by atoms with Gasteiger partial charge in [-0.15, -0.1) is 0 Å². The summed E-state index contributed by atoms with van der Waals surface area (Å²) in [5.74, 6) is 1.34. The summed E-state index contributed by atoms with van der Waals surface area (Å²) in [6.07, 6.45) is 5.57. The first kappa shape index (κ1) is 16.0. The van der Waals surface area contributed by atoms with E-state index < -0.39 is 5.82 Å². The number of benzene rings is 1. The van der Waals surface area contributed by atoms with Crippen molar-refractivity contribution in [1.29, 1.82) is 0 Å². The van der Waals surface area contributed by atoms with E-state index in [1.54, 1.807) is 13.1 Å². The van der Waals surface area contributed by atoms with Crippen LogP contribution < -0.4 is 5.32 Å². The van der Waals surface area contributed by atoms with Gasteiger partial charge in [0.1, 0.15) is 5.82 Å². The second-order valence-electron chi connectivity index (χ2n) is 6.95. The predicted molar refractivity (Wildman–Crippen MR) is 86.2 cm³/mol. The van der Waals surface area contributed by atoms with Gasteiger partial charge in [-0.1, -0.05) is 12.5 Å². The van der Waals surface area contributed by atoms with Gasteiger partial charge in [0.05, 0.1) is 6.54 Å². The number of fused-ring (bicyclic) bond motifs is 2. The third-order valence-corrected chi connectivity index (χ3v) is 5.24. The smallest absolute Gasteiger partial charge is 0.243 e. The highest BCUT2D eigenvalue weighted by molar-refractivity contribution is 5.94. The summed E-state index contributed by atoms with van der Waals surface area (Å²) < 4.78 is 13.1. The van der Waals surface area contributed by atoms with Gasteiger partial charge in [0.2, 0.25) is 11.8 Å². The first-order valence-corrected chi connectivity index (χ1v) is 8.30. The van der Waals surface area contributed by atoms with Crippen molar-refractivity contribution in [1.82, 2.24) is 4.90 Å². The van der Waals surface area contributed by atoms with E-state index in [9.17, 15) is 14.0 Å². The number of rotatable bonds is 5. The highest BCUT2D eigenvalue weighted by atomic mass is 19.1. The van der Waals surface area contributed by atoms with E-state index in [1.165, 1.54) is 48.8 Å². The van der Waals surface area contributed by atoms with Crippen molar-refractivity contribution in [3.63, 3.8) is 0 Å². The van der Waals surface area contributed by atoms with Crippen LogP contribution in [0.3, 0.4) is 0 Å². The predicted octanol–water partition coefficient (Wildman–Crippen LogP) is 3.05. The van der Waals surface area contributed by atoms with E-state index in [1.807, 2.05) is 0 Å². The molecule has 4 nitrogen and oxygen atoms in total. The molecule has 1 aromatic carbocycles. The minimum absolute atomic E-state index is 0.00381. The van der Waals surface area contributed by atoms with Gasteiger partial charge in [0.25, 0.3) is 0 Å². The van der Waals surface area contributed by atoms with Gasteiger partial charge in [0.15, 0.2) is 0 Å². The molecule has 23 heavy (non-hydrogen) atoms. The van der Waals surface area contributed by atoms with Gasteiger partial charge >= 0.3 is 0 Å². The second kappa shape index (κ2) is 6.69. The molecule has 3 atom stereocenters. The highest BCUT2D eigenvalue weighted by Crippen LogP contribution is 2.49. The van der Waals surface area contributed by atoms with E-state index in [4.69, 9.17) is 0 Å². The van der Waals surface area contributed by atoms with Crippen molar-refractivity contribution in [2.24, 2.45) is 17.8 Å². The van der Waals surface area contributed by atoms with E-state index in [0.717, 1.165) is 5.92 Å². The fourth-order valence-electron chi connectivity index (χ4n) is 4.08. The van der Waals surface area contributed by atoms with Crippen LogP contribution in [0.5, 0.6) is 0 Å². The van der Waals surface area contributed by atoms with Crippen molar-refractivity contribution < 1.29 is 14.0 Å². The fraction of sp³-hybridized carbons (Fsp3) is 0.556. The lowest BCUT2D eigenvalue weighted by molar-refractivity contribution is -0.134. The van der Waals surface area contributed by atoms with Gasteiger partial charge in [-0.3, -0.25) is 9.59 Å². The van der Waals surface area contributed by atoms with Crippen LogP contribution in [0.2, 0.25) is 0 Å². The standard InChI is InChI=1S/C18H23FN2O2/c1-21(11-17(22)20-16-4-2-3-15(19)10-16)18(23)9-14-8-12-5-6-13(14)7-12/h2-4,10,12-14H,5-9,11H2,1H3,(H,20,22)/t12-,13+,14+/m0/s1. The molecule has 0 aliphatic heterocycles. The summed E-state index contributed by atoms with van der Waals surface area (Å²) in [4.78, 5) is 25.8. The highest BCUT2D eigenvalue weighted by Gasteiger charge is 2.40. The van der Waals surface area contributed by atoms with Crippen LogP contribution in [0.1, 0.15) is 32.1 Å². The molecule has 0 aromatic heterocycles. The molecule has 2 amide bonds. The second-order valence-corrected chi connectivity index (χ2v) is 6.95. The molecule has 0 heterocycles. The lowest BCUT2D eigenvalue weighted by Gasteiger charge is -2.24. The molecule has 1 N–H and O–H groups in total. The number of hydrogen-bond donors (Lipinski definition) is 1. The zero-order chi connectivity index (χ0) is 16.4. The van der Waals surface area contributed by atoms with Crippen LogP contribution in [-0.2, 0) is 9.59 Å². The molecule has 2 aliphatic rings. The molecular formula is C18H23FN2O2. The zero-order valence-electron chi connectivity index (χ0n) is 13.4. The largest absolute Gasteiger partial charge is 0.336 e. The van der Waals surface area contributed by atoms with Crippen LogP contribution in [0.15, 0.2) is 24.3 Å². The number of nitrogens with zero attached hydrogens (tertiary/aromatic N) is 1. The number of likely N-dealkylation sites (N-methyl/N-ethyl adjacent to an activating group) is 1. The Morgan fingerprint density at radius 1 is 1.30 bits per heavy atom. The number of carbonyl (C=O) groups is 2. The van der Waals surface area contributed by atoms with Crippen LogP contribution >= 0.6 is 0 Å². The average molecular weight is 318 g/mol. The van der Waals surface area contributed by atoms with Crippen LogP contribution in [0, 0.1) is 23.6 Å². The molecule has 0 saturated heterocycles. The van der Waals surface area contributed by atoms with Crippen molar-refractivity contribution in [2.75, 3.05) is 18.9 Å². The van der Waals surface area contributed by atoms with Crippen molar-refractivity contribution in [3.05, 3.63) is 30.1 Å². The van der Waals surface area contributed by atoms with E-state index in [0.29, 0.717) is 23.9 Å². The summed E-state index contributed by atoms with van der Waals surface area (Å²) in [7, 11) is 1.65. The van der Waals surface area contributed by atoms with Gasteiger partial charge < -0.3 is 10.2 Å². The Labute approximate surface area is 136 Å². The Bertz CT molecular complexity index is 604. The lowest BCUT2D eigenvalue weighted by atomic mass is 9.86. The number of halogens is 1. The third kappa shape index (κ3) is 3.89. The molecule has 2 bridgehead atoms. The first-order chi connectivity index (χ1) is 11.0. The van der Waals surface area contributed by atoms with Gasteiger partial charge in [-0.25, -0.2) is 4.39 Å². The summed E-state index contributed by atoms with van der Waals surface area (Å²) in [6.45, 7) is -0.00381. The number of nitrogens with one attached hydrogen (secondary N) is 1. The molecule has 5 heteroatoms. The summed E-state index contributed by atoms with van der Waals surface area (Å²) in [6, 6.07) is 5.74. The molecule has 3 rings (SSSR count). The first-order valence-electron chi connectivity index (χ1n) is 8.30.